The maximum Gasteiger partial charge on any atom is 0.131 e. The summed E-state index contributed by atoms with van der Waals surface area (Å²) in [6.45, 7) is 9.05. The van der Waals surface area contributed by atoms with Crippen molar-refractivity contribution in [1.29, 1.82) is 0 Å². The lowest BCUT2D eigenvalue weighted by molar-refractivity contribution is 0.199. The Morgan fingerprint density at radius 2 is 2.10 bits per heavy atom. The molecule has 1 heterocycles. The Balaban J connectivity index is 2.17. The van der Waals surface area contributed by atoms with Crippen molar-refractivity contribution in [2.75, 3.05) is 0 Å². The second-order valence-electron chi connectivity index (χ2n) is 5.15. The Kier molecular flexibility index (Phi) is 5.06. The van der Waals surface area contributed by atoms with Gasteiger partial charge < -0.3 is 9.84 Å². The number of aliphatic hydroxyl groups excluding tert-OH is 1. The number of halogens is 1. The molecule has 21 heavy (non-hydrogen) atoms. The van der Waals surface area contributed by atoms with Gasteiger partial charge in [0.2, 0.25) is 0 Å². The number of aromatic nitrogens is 2. The standard InChI is InChI=1S/C16H21BrN2O2/c1-5-19-14(16(17)11(3)18-19)9-21-15-7-6-13(12(4)20)8-10(15)2/h6-8,12,20H,5,9H2,1-4H3/t12-/m0/s1. The normalized spacial score (nSPS) is 12.5. The maximum atomic E-state index is 9.60. The molecule has 0 aliphatic carbocycles. The van der Waals surface area contributed by atoms with Crippen LogP contribution in [0.15, 0.2) is 22.7 Å². The zero-order valence-corrected chi connectivity index (χ0v) is 14.4. The van der Waals surface area contributed by atoms with E-state index in [1.807, 2.05) is 36.7 Å². The molecule has 4 nitrogen and oxygen atoms in total. The zero-order chi connectivity index (χ0) is 15.6. The molecule has 0 saturated carbocycles. The molecule has 1 aromatic heterocycles. The number of hydrogen-bond acceptors (Lipinski definition) is 3. The lowest BCUT2D eigenvalue weighted by Gasteiger charge is -2.13. The van der Waals surface area contributed by atoms with Gasteiger partial charge in [-0.2, -0.15) is 5.10 Å². The highest BCUT2D eigenvalue weighted by molar-refractivity contribution is 9.10. The lowest BCUT2D eigenvalue weighted by atomic mass is 10.1. The fraction of sp³-hybridized carbons (Fsp3) is 0.438. The van der Waals surface area contributed by atoms with Crippen LogP contribution in [0.1, 0.15) is 42.5 Å². The van der Waals surface area contributed by atoms with E-state index in [1.54, 1.807) is 6.92 Å². The third kappa shape index (κ3) is 3.47. The van der Waals surface area contributed by atoms with Crippen LogP contribution in [-0.2, 0) is 13.2 Å². The van der Waals surface area contributed by atoms with Crippen molar-refractivity contribution < 1.29 is 9.84 Å². The molecule has 0 radical (unpaired) electrons. The summed E-state index contributed by atoms with van der Waals surface area (Å²) >= 11 is 3.57. The van der Waals surface area contributed by atoms with Gasteiger partial charge in [-0.3, -0.25) is 4.68 Å². The van der Waals surface area contributed by atoms with Crippen LogP contribution >= 0.6 is 15.9 Å². The number of benzene rings is 1. The van der Waals surface area contributed by atoms with Crippen molar-refractivity contribution in [3.05, 3.63) is 45.2 Å². The SMILES string of the molecule is CCn1nc(C)c(Br)c1COc1ccc([C@H](C)O)cc1C. The van der Waals surface area contributed by atoms with E-state index in [0.717, 1.165) is 39.3 Å². The third-order valence-electron chi connectivity index (χ3n) is 3.50. The van der Waals surface area contributed by atoms with Crippen LogP contribution in [0, 0.1) is 13.8 Å². The van der Waals surface area contributed by atoms with E-state index < -0.39 is 6.10 Å². The summed E-state index contributed by atoms with van der Waals surface area (Å²) in [6.07, 6.45) is -0.462. The van der Waals surface area contributed by atoms with Gasteiger partial charge in [0.15, 0.2) is 0 Å². The van der Waals surface area contributed by atoms with Gasteiger partial charge in [-0.1, -0.05) is 6.07 Å². The van der Waals surface area contributed by atoms with Gasteiger partial charge in [0, 0.05) is 6.54 Å². The molecule has 0 fully saturated rings. The van der Waals surface area contributed by atoms with Gasteiger partial charge in [0.1, 0.15) is 12.4 Å². The van der Waals surface area contributed by atoms with E-state index in [-0.39, 0.29) is 0 Å². The van der Waals surface area contributed by atoms with Crippen LogP contribution in [0.5, 0.6) is 5.75 Å². The number of aliphatic hydroxyl groups is 1. The minimum absolute atomic E-state index is 0.462. The van der Waals surface area contributed by atoms with Crippen LogP contribution in [0.3, 0.4) is 0 Å². The number of hydrogen-bond donors (Lipinski definition) is 1. The Bertz CT molecular complexity index is 635. The molecule has 0 aliphatic rings. The summed E-state index contributed by atoms with van der Waals surface area (Å²) in [4.78, 5) is 0. The number of rotatable bonds is 5. The van der Waals surface area contributed by atoms with E-state index in [1.165, 1.54) is 0 Å². The number of nitrogens with zero attached hydrogens (tertiary/aromatic N) is 2. The van der Waals surface area contributed by atoms with Crippen LogP contribution in [0.2, 0.25) is 0 Å². The summed E-state index contributed by atoms with van der Waals surface area (Å²) in [5, 5.41) is 14.1. The topological polar surface area (TPSA) is 47.3 Å². The first-order chi connectivity index (χ1) is 9.93. The van der Waals surface area contributed by atoms with E-state index in [9.17, 15) is 5.11 Å². The molecule has 1 aromatic carbocycles. The summed E-state index contributed by atoms with van der Waals surface area (Å²) in [5.41, 5.74) is 3.92. The molecular formula is C16H21BrN2O2. The van der Waals surface area contributed by atoms with Crippen molar-refractivity contribution in [3.8, 4) is 5.75 Å². The molecule has 0 spiro atoms. The Labute approximate surface area is 133 Å². The Hall–Kier alpha value is -1.33. The second-order valence-corrected chi connectivity index (χ2v) is 5.94. The average Bonchev–Trinajstić information content (AvgIpc) is 2.72. The molecule has 0 saturated heterocycles. The lowest BCUT2D eigenvalue weighted by Crippen LogP contribution is -2.07. The van der Waals surface area contributed by atoms with E-state index in [0.29, 0.717) is 6.61 Å². The minimum Gasteiger partial charge on any atom is -0.487 e. The van der Waals surface area contributed by atoms with Gasteiger partial charge in [-0.25, -0.2) is 0 Å². The largest absolute Gasteiger partial charge is 0.487 e. The van der Waals surface area contributed by atoms with Crippen LogP contribution in [0.25, 0.3) is 0 Å². The first-order valence-electron chi connectivity index (χ1n) is 7.07. The first kappa shape index (κ1) is 16.0. The smallest absolute Gasteiger partial charge is 0.131 e. The Morgan fingerprint density at radius 3 is 2.67 bits per heavy atom. The van der Waals surface area contributed by atoms with Gasteiger partial charge in [-0.15, -0.1) is 0 Å². The molecule has 1 N–H and O–H groups in total. The molecule has 114 valence electrons. The highest BCUT2D eigenvalue weighted by Crippen LogP contribution is 2.26. The molecule has 0 amide bonds. The minimum atomic E-state index is -0.462. The predicted molar refractivity (Wildman–Crippen MR) is 86.5 cm³/mol. The molecule has 0 bridgehead atoms. The van der Waals surface area contributed by atoms with Crippen LogP contribution in [-0.4, -0.2) is 14.9 Å². The molecule has 5 heteroatoms. The highest BCUT2D eigenvalue weighted by Gasteiger charge is 2.13. The van der Waals surface area contributed by atoms with Crippen molar-refractivity contribution >= 4 is 15.9 Å². The first-order valence-corrected chi connectivity index (χ1v) is 7.86. The van der Waals surface area contributed by atoms with Crippen LogP contribution in [0.4, 0.5) is 0 Å². The van der Waals surface area contributed by atoms with E-state index >= 15 is 0 Å². The van der Waals surface area contributed by atoms with Crippen LogP contribution < -0.4 is 4.74 Å². The van der Waals surface area contributed by atoms with Crippen molar-refractivity contribution in [2.45, 2.75) is 47.0 Å². The van der Waals surface area contributed by atoms with Gasteiger partial charge in [0.05, 0.1) is 22.0 Å². The number of aryl methyl sites for hydroxylation is 3. The van der Waals surface area contributed by atoms with Gasteiger partial charge in [0.25, 0.3) is 0 Å². The van der Waals surface area contributed by atoms with E-state index in [2.05, 4.69) is 28.0 Å². The van der Waals surface area contributed by atoms with Crippen molar-refractivity contribution in [2.24, 2.45) is 0 Å². The fourth-order valence-corrected chi connectivity index (χ4v) is 2.65. The summed E-state index contributed by atoms with van der Waals surface area (Å²) < 4.78 is 8.87. The molecular weight excluding hydrogens is 332 g/mol. The fourth-order valence-electron chi connectivity index (χ4n) is 2.25. The van der Waals surface area contributed by atoms with Crippen molar-refractivity contribution in [3.63, 3.8) is 0 Å². The third-order valence-corrected chi connectivity index (χ3v) is 4.53. The summed E-state index contributed by atoms with van der Waals surface area (Å²) in [7, 11) is 0. The summed E-state index contributed by atoms with van der Waals surface area (Å²) in [6, 6.07) is 5.76. The van der Waals surface area contributed by atoms with E-state index in [4.69, 9.17) is 4.74 Å². The number of ether oxygens (including phenoxy) is 1. The molecule has 0 unspecified atom stereocenters. The molecule has 2 aromatic rings. The van der Waals surface area contributed by atoms with Gasteiger partial charge >= 0.3 is 0 Å². The Morgan fingerprint density at radius 1 is 1.38 bits per heavy atom. The molecule has 1 atom stereocenters. The quantitative estimate of drug-likeness (QED) is 0.887. The monoisotopic (exact) mass is 352 g/mol. The predicted octanol–water partition coefficient (Wildman–Crippen LogP) is 3.91. The second kappa shape index (κ2) is 6.62. The highest BCUT2D eigenvalue weighted by atomic mass is 79.9. The van der Waals surface area contributed by atoms with Crippen molar-refractivity contribution in [1.82, 2.24) is 9.78 Å². The van der Waals surface area contributed by atoms with Gasteiger partial charge in [-0.05, 0) is 66.9 Å². The maximum absolute atomic E-state index is 9.60. The average molecular weight is 353 g/mol. The molecule has 2 rings (SSSR count). The molecule has 0 aliphatic heterocycles. The summed E-state index contributed by atoms with van der Waals surface area (Å²) in [5.74, 6) is 0.827. The zero-order valence-electron chi connectivity index (χ0n) is 12.9.